The SMILES string of the molecule is CCCNC(=O)[C@@H](Cc1ccccc1)N(Cc1ccc(OC)cc1)C(C)=O. The van der Waals surface area contributed by atoms with Crippen molar-refractivity contribution in [2.24, 2.45) is 0 Å². The van der Waals surface area contributed by atoms with Crippen molar-refractivity contribution in [2.75, 3.05) is 13.7 Å². The van der Waals surface area contributed by atoms with Gasteiger partial charge in [-0.3, -0.25) is 9.59 Å². The molecular weight excluding hydrogens is 340 g/mol. The van der Waals surface area contributed by atoms with E-state index in [1.807, 2.05) is 61.5 Å². The second kappa shape index (κ2) is 10.4. The quantitative estimate of drug-likeness (QED) is 0.740. The van der Waals surface area contributed by atoms with Crippen LogP contribution < -0.4 is 10.1 Å². The molecule has 5 nitrogen and oxygen atoms in total. The fraction of sp³-hybridized carbons (Fsp3) is 0.364. The first kappa shape index (κ1) is 20.5. The van der Waals surface area contributed by atoms with Gasteiger partial charge in [0.1, 0.15) is 11.8 Å². The molecule has 1 atom stereocenters. The van der Waals surface area contributed by atoms with Crippen LogP contribution in [-0.2, 0) is 22.6 Å². The zero-order valence-corrected chi connectivity index (χ0v) is 16.3. The van der Waals surface area contributed by atoms with Crippen LogP contribution in [0, 0.1) is 0 Å². The third-order valence-electron chi connectivity index (χ3n) is 4.42. The number of hydrogen-bond acceptors (Lipinski definition) is 3. The highest BCUT2D eigenvalue weighted by Gasteiger charge is 2.28. The van der Waals surface area contributed by atoms with Crippen LogP contribution in [0.5, 0.6) is 5.75 Å². The maximum absolute atomic E-state index is 12.8. The number of benzene rings is 2. The summed E-state index contributed by atoms with van der Waals surface area (Å²) >= 11 is 0. The van der Waals surface area contributed by atoms with Crippen LogP contribution in [-0.4, -0.2) is 36.4 Å². The Balaban J connectivity index is 2.25. The van der Waals surface area contributed by atoms with Gasteiger partial charge in [-0.05, 0) is 29.7 Å². The topological polar surface area (TPSA) is 58.6 Å². The van der Waals surface area contributed by atoms with Gasteiger partial charge in [0.05, 0.1) is 7.11 Å². The van der Waals surface area contributed by atoms with E-state index in [-0.39, 0.29) is 11.8 Å². The summed E-state index contributed by atoms with van der Waals surface area (Å²) in [5.41, 5.74) is 1.97. The maximum Gasteiger partial charge on any atom is 0.243 e. The van der Waals surface area contributed by atoms with E-state index in [1.165, 1.54) is 6.92 Å². The van der Waals surface area contributed by atoms with Crippen molar-refractivity contribution < 1.29 is 14.3 Å². The molecule has 0 aromatic heterocycles. The van der Waals surface area contributed by atoms with E-state index >= 15 is 0 Å². The van der Waals surface area contributed by atoms with Crippen LogP contribution in [0.15, 0.2) is 54.6 Å². The van der Waals surface area contributed by atoms with Gasteiger partial charge in [0.25, 0.3) is 0 Å². The Kier molecular flexibility index (Phi) is 7.86. The van der Waals surface area contributed by atoms with Gasteiger partial charge in [-0.25, -0.2) is 0 Å². The molecule has 0 aliphatic carbocycles. The number of nitrogens with zero attached hydrogens (tertiary/aromatic N) is 1. The van der Waals surface area contributed by atoms with E-state index in [0.717, 1.165) is 23.3 Å². The molecule has 0 saturated heterocycles. The van der Waals surface area contributed by atoms with E-state index in [2.05, 4.69) is 5.32 Å². The summed E-state index contributed by atoms with van der Waals surface area (Å²) < 4.78 is 5.19. The molecular formula is C22H28N2O3. The lowest BCUT2D eigenvalue weighted by molar-refractivity contribution is -0.139. The van der Waals surface area contributed by atoms with Gasteiger partial charge in [0, 0.05) is 26.4 Å². The molecule has 0 aliphatic heterocycles. The lowest BCUT2D eigenvalue weighted by atomic mass is 10.0. The predicted octanol–water partition coefficient (Wildman–Crippen LogP) is 3.18. The summed E-state index contributed by atoms with van der Waals surface area (Å²) in [7, 11) is 1.62. The zero-order valence-electron chi connectivity index (χ0n) is 16.3. The first-order valence-corrected chi connectivity index (χ1v) is 9.27. The summed E-state index contributed by atoms with van der Waals surface area (Å²) in [4.78, 5) is 26.9. The lowest BCUT2D eigenvalue weighted by Crippen LogP contribution is -2.50. The number of amides is 2. The molecule has 0 saturated carbocycles. The van der Waals surface area contributed by atoms with Gasteiger partial charge in [-0.2, -0.15) is 0 Å². The molecule has 144 valence electrons. The summed E-state index contributed by atoms with van der Waals surface area (Å²) in [6.45, 7) is 4.48. The number of hydrogen-bond donors (Lipinski definition) is 1. The van der Waals surface area contributed by atoms with Gasteiger partial charge in [-0.15, -0.1) is 0 Å². The van der Waals surface area contributed by atoms with Gasteiger partial charge in [0.15, 0.2) is 0 Å². The monoisotopic (exact) mass is 368 g/mol. The highest BCUT2D eigenvalue weighted by atomic mass is 16.5. The third-order valence-corrected chi connectivity index (χ3v) is 4.42. The molecule has 1 N–H and O–H groups in total. The Hall–Kier alpha value is -2.82. The van der Waals surface area contributed by atoms with Crippen molar-refractivity contribution in [3.05, 3.63) is 65.7 Å². The highest BCUT2D eigenvalue weighted by Crippen LogP contribution is 2.17. The van der Waals surface area contributed by atoms with Gasteiger partial charge in [0.2, 0.25) is 11.8 Å². The Bertz CT molecular complexity index is 729. The fourth-order valence-electron chi connectivity index (χ4n) is 2.92. The average molecular weight is 368 g/mol. The highest BCUT2D eigenvalue weighted by molar-refractivity contribution is 5.87. The van der Waals surface area contributed by atoms with E-state index in [4.69, 9.17) is 4.74 Å². The van der Waals surface area contributed by atoms with Gasteiger partial charge >= 0.3 is 0 Å². The number of ether oxygens (including phenoxy) is 1. The van der Waals surface area contributed by atoms with Crippen molar-refractivity contribution in [3.63, 3.8) is 0 Å². The normalized spacial score (nSPS) is 11.5. The van der Waals surface area contributed by atoms with Crippen molar-refractivity contribution in [2.45, 2.75) is 39.3 Å². The Labute approximate surface area is 161 Å². The molecule has 0 unspecified atom stereocenters. The Morgan fingerprint density at radius 3 is 2.26 bits per heavy atom. The second-order valence-electron chi connectivity index (χ2n) is 6.49. The number of rotatable bonds is 9. The number of nitrogens with one attached hydrogen (secondary N) is 1. The molecule has 0 radical (unpaired) electrons. The van der Waals surface area contributed by atoms with E-state index in [1.54, 1.807) is 12.0 Å². The Morgan fingerprint density at radius 1 is 1.04 bits per heavy atom. The molecule has 0 fully saturated rings. The smallest absolute Gasteiger partial charge is 0.243 e. The molecule has 2 aromatic rings. The van der Waals surface area contributed by atoms with Crippen LogP contribution in [0.4, 0.5) is 0 Å². The minimum atomic E-state index is -0.557. The van der Waals surface area contributed by atoms with Crippen LogP contribution in [0.1, 0.15) is 31.4 Å². The number of carbonyl (C=O) groups excluding carboxylic acids is 2. The van der Waals surface area contributed by atoms with Crippen molar-refractivity contribution in [1.82, 2.24) is 10.2 Å². The fourth-order valence-corrected chi connectivity index (χ4v) is 2.92. The van der Waals surface area contributed by atoms with Crippen molar-refractivity contribution >= 4 is 11.8 Å². The molecule has 2 amide bonds. The van der Waals surface area contributed by atoms with Gasteiger partial charge in [-0.1, -0.05) is 49.4 Å². The molecule has 0 spiro atoms. The molecule has 0 aliphatic rings. The average Bonchev–Trinajstić information content (AvgIpc) is 2.69. The molecule has 0 heterocycles. The minimum absolute atomic E-state index is 0.121. The zero-order chi connectivity index (χ0) is 19.6. The van der Waals surface area contributed by atoms with Crippen LogP contribution in [0.3, 0.4) is 0 Å². The van der Waals surface area contributed by atoms with E-state index in [9.17, 15) is 9.59 Å². The van der Waals surface area contributed by atoms with Crippen LogP contribution in [0.2, 0.25) is 0 Å². The van der Waals surface area contributed by atoms with Crippen molar-refractivity contribution in [1.29, 1.82) is 0 Å². The first-order chi connectivity index (χ1) is 13.0. The standard InChI is InChI=1S/C22H28N2O3/c1-4-14-23-22(26)21(15-18-8-6-5-7-9-18)24(17(2)25)16-19-10-12-20(27-3)13-11-19/h5-13,21H,4,14-16H2,1-3H3,(H,23,26)/t21-/m1/s1. The minimum Gasteiger partial charge on any atom is -0.497 e. The van der Waals surface area contributed by atoms with Crippen molar-refractivity contribution in [3.8, 4) is 5.75 Å². The molecule has 27 heavy (non-hydrogen) atoms. The summed E-state index contributed by atoms with van der Waals surface area (Å²) in [5.74, 6) is 0.512. The Morgan fingerprint density at radius 2 is 1.70 bits per heavy atom. The first-order valence-electron chi connectivity index (χ1n) is 9.27. The van der Waals surface area contributed by atoms with E-state index < -0.39 is 6.04 Å². The molecule has 0 bridgehead atoms. The summed E-state index contributed by atoms with van der Waals surface area (Å²) in [5, 5.41) is 2.94. The number of carbonyl (C=O) groups is 2. The summed E-state index contributed by atoms with van der Waals surface area (Å²) in [6.07, 6.45) is 1.33. The molecule has 2 aromatic carbocycles. The largest absolute Gasteiger partial charge is 0.497 e. The molecule has 2 rings (SSSR count). The molecule has 5 heteroatoms. The number of methoxy groups -OCH3 is 1. The second-order valence-corrected chi connectivity index (χ2v) is 6.49. The third kappa shape index (κ3) is 6.13. The van der Waals surface area contributed by atoms with Crippen LogP contribution in [0.25, 0.3) is 0 Å². The lowest BCUT2D eigenvalue weighted by Gasteiger charge is -2.30. The maximum atomic E-state index is 12.8. The summed E-state index contributed by atoms with van der Waals surface area (Å²) in [6, 6.07) is 16.8. The van der Waals surface area contributed by atoms with Gasteiger partial charge < -0.3 is 15.0 Å². The predicted molar refractivity (Wildman–Crippen MR) is 106 cm³/mol. The van der Waals surface area contributed by atoms with E-state index in [0.29, 0.717) is 19.5 Å². The van der Waals surface area contributed by atoms with Crippen LogP contribution >= 0.6 is 0 Å².